The van der Waals surface area contributed by atoms with Crippen LogP contribution in [0.5, 0.6) is 0 Å². The van der Waals surface area contributed by atoms with Crippen molar-refractivity contribution in [1.29, 1.82) is 0 Å². The molecule has 0 unspecified atom stereocenters. The predicted octanol–water partition coefficient (Wildman–Crippen LogP) is 0.187. The number of benzene rings is 2. The molecule has 13 heteroatoms. The van der Waals surface area contributed by atoms with Gasteiger partial charge in [0.15, 0.2) is 5.78 Å². The molecular weight excluding hydrogens is 505 g/mol. The quantitative estimate of drug-likeness (QED) is 0.311. The Balaban J connectivity index is -0.00000182. The molecule has 136 valence electrons. The van der Waals surface area contributed by atoms with E-state index in [9.17, 15) is 24.0 Å². The first-order chi connectivity index (χ1) is 12.1. The molecule has 0 aliphatic carbocycles. The zero-order valence-electron chi connectivity index (χ0n) is 16.8. The Kier molecular flexibility index (Phi) is 21.1. The standard InChI is InChI=1S/C17H10O9.4K/c18-13(7-1-3-9(14(19)20)11(5-7)16(23)24)8-2-4-10(15(21)22)12(6-8)17(25)26;;;;/h1-6H,(H,19,20)(H,21,22)(H,23,24)(H,25,26);;;;. The average Bonchev–Trinajstić information content (AvgIpc) is 2.59. The van der Waals surface area contributed by atoms with Crippen LogP contribution in [0.15, 0.2) is 36.4 Å². The van der Waals surface area contributed by atoms with E-state index in [0.717, 1.165) is 36.4 Å². The van der Waals surface area contributed by atoms with Crippen molar-refractivity contribution >= 4 is 235 Å². The minimum absolute atomic E-state index is 0. The third-order valence-electron chi connectivity index (χ3n) is 3.49. The number of rotatable bonds is 6. The van der Waals surface area contributed by atoms with Gasteiger partial charge in [0.2, 0.25) is 0 Å². The number of aromatic carboxylic acids is 4. The Labute approximate surface area is 340 Å². The molecule has 0 aliphatic rings. The fourth-order valence-electron chi connectivity index (χ4n) is 2.26. The Morgan fingerprint density at radius 2 is 0.733 bits per heavy atom. The molecule has 0 spiro atoms. The zero-order valence-corrected chi connectivity index (χ0v) is 29.3. The molecule has 9 nitrogen and oxygen atoms in total. The van der Waals surface area contributed by atoms with Crippen molar-refractivity contribution in [2.24, 2.45) is 0 Å². The summed E-state index contributed by atoms with van der Waals surface area (Å²) >= 11 is 0. The summed E-state index contributed by atoms with van der Waals surface area (Å²) in [6.45, 7) is 0. The molecule has 0 saturated carbocycles. The van der Waals surface area contributed by atoms with Crippen molar-refractivity contribution in [3.8, 4) is 0 Å². The van der Waals surface area contributed by atoms with Crippen LogP contribution in [0, 0.1) is 0 Å². The minimum Gasteiger partial charge on any atom is -0.478 e. The third kappa shape index (κ3) is 9.65. The molecule has 2 rings (SSSR count). The molecule has 0 heterocycles. The van der Waals surface area contributed by atoms with Crippen molar-refractivity contribution in [3.05, 3.63) is 69.8 Å². The van der Waals surface area contributed by atoms with Crippen molar-refractivity contribution in [2.75, 3.05) is 0 Å². The number of carboxylic acid groups (broad SMARTS) is 4. The molecule has 0 fully saturated rings. The first kappa shape index (κ1) is 37.1. The predicted molar refractivity (Wildman–Crippen MR) is 107 cm³/mol. The molecular formula is C17H10K4O9. The van der Waals surface area contributed by atoms with Gasteiger partial charge in [-0.1, -0.05) is 12.1 Å². The number of hydrogen-bond acceptors (Lipinski definition) is 5. The van der Waals surface area contributed by atoms with Crippen LogP contribution in [0.4, 0.5) is 0 Å². The van der Waals surface area contributed by atoms with Gasteiger partial charge >= 0.3 is 23.9 Å². The van der Waals surface area contributed by atoms with E-state index < -0.39 is 51.9 Å². The molecule has 0 amide bonds. The van der Waals surface area contributed by atoms with E-state index in [1.54, 1.807) is 0 Å². The van der Waals surface area contributed by atoms with Gasteiger partial charge in [-0.2, -0.15) is 0 Å². The van der Waals surface area contributed by atoms with E-state index in [1.165, 1.54) is 0 Å². The number of carbonyl (C=O) groups excluding carboxylic acids is 1. The fraction of sp³-hybridized carbons (Fsp3) is 0. The fourth-order valence-corrected chi connectivity index (χ4v) is 2.26. The molecule has 0 saturated heterocycles. The van der Waals surface area contributed by atoms with Crippen LogP contribution in [0.3, 0.4) is 0 Å². The first-order valence-corrected chi connectivity index (χ1v) is 6.89. The Morgan fingerprint density at radius 1 is 0.467 bits per heavy atom. The van der Waals surface area contributed by atoms with Crippen molar-refractivity contribution in [2.45, 2.75) is 0 Å². The van der Waals surface area contributed by atoms with Gasteiger partial charge in [0.1, 0.15) is 0 Å². The van der Waals surface area contributed by atoms with Crippen LogP contribution in [0.25, 0.3) is 0 Å². The molecule has 4 radical (unpaired) electrons. The second-order valence-corrected chi connectivity index (χ2v) is 5.07. The van der Waals surface area contributed by atoms with Gasteiger partial charge in [0.25, 0.3) is 0 Å². The second kappa shape index (κ2) is 17.0. The van der Waals surface area contributed by atoms with Gasteiger partial charge in [0.05, 0.1) is 22.3 Å². The van der Waals surface area contributed by atoms with E-state index in [2.05, 4.69) is 0 Å². The van der Waals surface area contributed by atoms with E-state index in [1.807, 2.05) is 0 Å². The van der Waals surface area contributed by atoms with Crippen LogP contribution in [-0.4, -0.2) is 256 Å². The summed E-state index contributed by atoms with van der Waals surface area (Å²) < 4.78 is 0. The SMILES string of the molecule is O=C(c1ccc(C(=O)O)c(C(=O)O)c1)c1ccc(C(=O)O)c(C(=O)O)c1.[K].[K].[K].[K]. The maximum Gasteiger partial charge on any atom is 0.336 e. The van der Waals surface area contributed by atoms with Crippen LogP contribution < -0.4 is 0 Å². The molecule has 0 bridgehead atoms. The smallest absolute Gasteiger partial charge is 0.336 e. The minimum atomic E-state index is -1.55. The van der Waals surface area contributed by atoms with Gasteiger partial charge in [-0.3, -0.25) is 4.79 Å². The van der Waals surface area contributed by atoms with Gasteiger partial charge in [-0.25, -0.2) is 19.2 Å². The van der Waals surface area contributed by atoms with Crippen LogP contribution in [-0.2, 0) is 0 Å². The van der Waals surface area contributed by atoms with E-state index in [-0.39, 0.29) is 217 Å². The van der Waals surface area contributed by atoms with Gasteiger partial charge < -0.3 is 20.4 Å². The van der Waals surface area contributed by atoms with Gasteiger partial charge in [-0.15, -0.1) is 0 Å². The van der Waals surface area contributed by atoms with E-state index in [4.69, 9.17) is 20.4 Å². The molecule has 4 N–H and O–H groups in total. The summed E-state index contributed by atoms with van der Waals surface area (Å²) in [6.07, 6.45) is 0. The Morgan fingerprint density at radius 3 is 0.967 bits per heavy atom. The second-order valence-electron chi connectivity index (χ2n) is 5.07. The first-order valence-electron chi connectivity index (χ1n) is 6.89. The van der Waals surface area contributed by atoms with Crippen LogP contribution >= 0.6 is 0 Å². The van der Waals surface area contributed by atoms with Crippen molar-refractivity contribution < 1.29 is 44.4 Å². The molecule has 0 aromatic heterocycles. The average molecular weight is 515 g/mol. The summed E-state index contributed by atoms with van der Waals surface area (Å²) in [5, 5.41) is 36.1. The monoisotopic (exact) mass is 514 g/mol. The maximum absolute atomic E-state index is 12.5. The normalized spacial score (nSPS) is 8.80. The van der Waals surface area contributed by atoms with Crippen LogP contribution in [0.2, 0.25) is 0 Å². The third-order valence-corrected chi connectivity index (χ3v) is 3.49. The van der Waals surface area contributed by atoms with Crippen molar-refractivity contribution in [3.63, 3.8) is 0 Å². The van der Waals surface area contributed by atoms with E-state index in [0.29, 0.717) is 0 Å². The van der Waals surface area contributed by atoms with Gasteiger partial charge in [-0.05, 0) is 24.3 Å². The number of carboxylic acids is 4. The summed E-state index contributed by atoms with van der Waals surface area (Å²) in [5.74, 6) is -6.86. The molecule has 0 atom stereocenters. The van der Waals surface area contributed by atoms with Crippen molar-refractivity contribution in [1.82, 2.24) is 0 Å². The zero-order chi connectivity index (χ0) is 19.6. The summed E-state index contributed by atoms with van der Waals surface area (Å²) in [5.41, 5.74) is -2.62. The van der Waals surface area contributed by atoms with Crippen LogP contribution in [0.1, 0.15) is 57.4 Å². The summed E-state index contributed by atoms with van der Waals surface area (Å²) in [6, 6.07) is 5.79. The maximum atomic E-state index is 12.5. The number of hydrogen-bond donors (Lipinski definition) is 4. The summed E-state index contributed by atoms with van der Waals surface area (Å²) in [4.78, 5) is 56.9. The number of ketones is 1. The Hall–Kier alpha value is 2.54. The molecule has 2 aromatic rings. The summed E-state index contributed by atoms with van der Waals surface area (Å²) in [7, 11) is 0. The van der Waals surface area contributed by atoms with Gasteiger partial charge in [0, 0.05) is 217 Å². The van der Waals surface area contributed by atoms with E-state index >= 15 is 0 Å². The molecule has 2 aromatic carbocycles. The topological polar surface area (TPSA) is 166 Å². The Bertz CT molecular complexity index is 912. The number of carbonyl (C=O) groups is 5. The molecule has 0 aliphatic heterocycles. The largest absolute Gasteiger partial charge is 0.478 e. The molecule has 30 heavy (non-hydrogen) atoms.